The summed E-state index contributed by atoms with van der Waals surface area (Å²) < 4.78 is 0. The normalized spacial score (nSPS) is 10.6. The number of hydrogen-bond acceptors (Lipinski definition) is 13. The van der Waals surface area contributed by atoms with Crippen LogP contribution < -0.4 is 9.80 Å². The SMILES string of the molecule is N#Cc1nc2c3nc(C#N)c(C#N)nc3c3nc(C#[N+]c4ccc(-c5ccc(N(c6ccc(-c7ccccc7)cc6)c6cc[c-]c(-c7[c-]ccc(N(c8ccc(-c9ccccc9)cc8)c8ccc(-c9ccccc9)cc8)c7)c6)cc5)cc4)c(C#N)nc3c2nc1C#N.[U+2]. The molecule has 0 amide bonds. The van der Waals surface area contributed by atoms with Crippen LogP contribution in [-0.4, -0.2) is 29.9 Å². The third-order valence-corrected chi connectivity index (χ3v) is 15.6. The molecule has 0 spiro atoms. The van der Waals surface area contributed by atoms with Crippen LogP contribution in [0.2, 0.25) is 0 Å². The van der Waals surface area contributed by atoms with Crippen molar-refractivity contribution in [1.29, 1.82) is 26.3 Å². The summed E-state index contributed by atoms with van der Waals surface area (Å²) in [6, 6.07) is 105. The second-order valence-electron chi connectivity index (χ2n) is 21.1. The van der Waals surface area contributed by atoms with E-state index in [2.05, 4.69) is 245 Å². The summed E-state index contributed by atoms with van der Waals surface area (Å²) in [6.45, 7) is 0. The fraction of sp³-hybridized carbons (Fsp3) is 0. The molecule has 0 N–H and O–H groups in total. The number of fused-ring (bicyclic) bond motifs is 6. The fourth-order valence-corrected chi connectivity index (χ4v) is 11.1. The molecule has 0 unspecified atom stereocenters. The summed E-state index contributed by atoms with van der Waals surface area (Å²) >= 11 is 0. The van der Waals surface area contributed by atoms with Crippen LogP contribution in [0.3, 0.4) is 0 Å². The first kappa shape index (κ1) is 59.0. The number of nitriles is 5. The Labute approximate surface area is 558 Å². The molecular weight excluding hydrogens is 1370 g/mol. The van der Waals surface area contributed by atoms with Gasteiger partial charge in [0.1, 0.15) is 63.4 Å². The standard InChI is InChI=1S/C78H41N14.U/c79-44-67-68(45-80)87-75-73(85-67)74-76(88-70(47-82)69(46-81)86-74)78-77(75)89-71(48-83)72(90-78)49-84-60-32-22-53(23-33-60)57-30-40-64(41-31-57)92(63-38-28-56(29-39-63)52-16-8-3-9-17-52)66-21-11-19-59(43-66)58-18-10-20-65(42-58)91(61-34-24-54(25-35-61)50-12-4-1-5-13-50)62-36-26-55(27-37-62)51-14-6-2-7-15-51;/h1-17,20-43H;/q-1;+2. The Balaban J connectivity index is 0.00000787. The summed E-state index contributed by atoms with van der Waals surface area (Å²) in [5.41, 5.74) is 15.2. The van der Waals surface area contributed by atoms with Crippen molar-refractivity contribution in [1.82, 2.24) is 29.9 Å². The maximum absolute atomic E-state index is 10.3. The minimum absolute atomic E-state index is 0. The Bertz CT molecular complexity index is 5360. The van der Waals surface area contributed by atoms with Crippen molar-refractivity contribution in [2.24, 2.45) is 0 Å². The monoisotopic (exact) mass is 1410 g/mol. The van der Waals surface area contributed by atoms with Gasteiger partial charge >= 0.3 is 42.9 Å². The van der Waals surface area contributed by atoms with Crippen LogP contribution in [0.4, 0.5) is 39.8 Å². The predicted molar refractivity (Wildman–Crippen MR) is 356 cm³/mol. The van der Waals surface area contributed by atoms with Crippen LogP contribution in [-0.2, 0) is 0 Å². The van der Waals surface area contributed by atoms with Gasteiger partial charge in [-0.3, -0.25) is 0 Å². The molecule has 11 aromatic carbocycles. The van der Waals surface area contributed by atoms with Gasteiger partial charge in [0.25, 0.3) is 0 Å². The molecule has 0 radical (unpaired) electrons. The van der Waals surface area contributed by atoms with E-state index in [1.54, 1.807) is 0 Å². The average molecular weight is 1410 g/mol. The van der Waals surface area contributed by atoms with Gasteiger partial charge in [-0.15, -0.1) is 12.1 Å². The second kappa shape index (κ2) is 26.0. The fourth-order valence-electron chi connectivity index (χ4n) is 11.1. The Morgan fingerprint density at radius 2 is 0.527 bits per heavy atom. The van der Waals surface area contributed by atoms with Gasteiger partial charge in [-0.25, -0.2) is 41.0 Å². The van der Waals surface area contributed by atoms with Gasteiger partial charge in [-0.05, 0) is 121 Å². The van der Waals surface area contributed by atoms with Gasteiger partial charge in [0, 0.05) is 34.9 Å². The van der Waals surface area contributed by atoms with Gasteiger partial charge in [-0.2, -0.15) is 62.7 Å². The molecule has 14 nitrogen and oxygen atoms in total. The minimum atomic E-state index is -0.298. The van der Waals surface area contributed by atoms with E-state index in [4.69, 9.17) is 0 Å². The Hall–Kier alpha value is -13.0. The molecule has 0 bridgehead atoms. The maximum atomic E-state index is 10.3. The van der Waals surface area contributed by atoms with Gasteiger partial charge < -0.3 is 9.80 Å². The number of aromatic nitrogens is 6. The van der Waals surface area contributed by atoms with Gasteiger partial charge in [0.2, 0.25) is 5.69 Å². The predicted octanol–water partition coefficient (Wildman–Crippen LogP) is 17.8. The van der Waals surface area contributed by atoms with E-state index in [-0.39, 0.29) is 98.4 Å². The Kier molecular flexibility index (Phi) is 16.5. The average Bonchev–Trinajstić information content (AvgIpc) is 0.762. The summed E-state index contributed by atoms with van der Waals surface area (Å²) in [4.78, 5) is 35.7. The van der Waals surface area contributed by atoms with Crippen molar-refractivity contribution in [3.63, 3.8) is 0 Å². The first-order valence-electron chi connectivity index (χ1n) is 28.9. The van der Waals surface area contributed by atoms with E-state index < -0.39 is 0 Å². The summed E-state index contributed by atoms with van der Waals surface area (Å²) in [5.74, 6) is 0. The van der Waals surface area contributed by atoms with E-state index in [0.29, 0.717) is 5.69 Å². The molecule has 0 saturated heterocycles. The number of anilines is 6. The van der Waals surface area contributed by atoms with Crippen molar-refractivity contribution in [2.75, 3.05) is 9.80 Å². The molecule has 14 rings (SSSR count). The zero-order chi connectivity index (χ0) is 62.5. The Morgan fingerprint density at radius 1 is 0.280 bits per heavy atom. The zero-order valence-corrected chi connectivity index (χ0v) is 53.1. The van der Waals surface area contributed by atoms with E-state index in [0.717, 1.165) is 89.8 Å². The third kappa shape index (κ3) is 11.7. The molecule has 93 heavy (non-hydrogen) atoms. The molecule has 0 fully saturated rings. The van der Waals surface area contributed by atoms with Crippen LogP contribution in [0.5, 0.6) is 0 Å². The number of benzene rings is 11. The molecule has 0 aliphatic heterocycles. The van der Waals surface area contributed by atoms with Gasteiger partial charge in [-0.1, -0.05) is 140 Å². The van der Waals surface area contributed by atoms with Crippen molar-refractivity contribution >= 4 is 72.9 Å². The van der Waals surface area contributed by atoms with Crippen molar-refractivity contribution < 1.29 is 31.1 Å². The third-order valence-electron chi connectivity index (χ3n) is 15.6. The van der Waals surface area contributed by atoms with Crippen molar-refractivity contribution in [2.45, 2.75) is 0 Å². The second-order valence-corrected chi connectivity index (χ2v) is 21.1. The smallest absolute Gasteiger partial charge is 0.329 e. The van der Waals surface area contributed by atoms with E-state index in [1.165, 1.54) is 0 Å². The summed E-state index contributed by atoms with van der Waals surface area (Å²) in [7, 11) is 0. The van der Waals surface area contributed by atoms with E-state index in [1.807, 2.05) is 97.1 Å². The van der Waals surface area contributed by atoms with Crippen molar-refractivity contribution in [3.8, 4) is 92.0 Å². The largest absolute Gasteiger partial charge is 2.00 e. The molecule has 3 heterocycles. The van der Waals surface area contributed by atoms with Crippen LogP contribution in [0.25, 0.3) is 93.6 Å². The molecule has 0 aliphatic carbocycles. The maximum Gasteiger partial charge on any atom is 2.00 e. The van der Waals surface area contributed by atoms with Gasteiger partial charge in [0.15, 0.2) is 28.5 Å². The van der Waals surface area contributed by atoms with Crippen LogP contribution in [0, 0.1) is 106 Å². The van der Waals surface area contributed by atoms with Crippen molar-refractivity contribution in [3.05, 3.63) is 300 Å². The molecule has 0 atom stereocenters. The number of nitrogens with zero attached hydrogens (tertiary/aromatic N) is 14. The topological polar surface area (TPSA) is 207 Å². The summed E-state index contributed by atoms with van der Waals surface area (Å²) in [5, 5.41) is 49.6. The zero-order valence-electron chi connectivity index (χ0n) is 48.9. The molecule has 15 heteroatoms. The van der Waals surface area contributed by atoms with Crippen LogP contribution in [0.1, 0.15) is 34.2 Å². The first-order chi connectivity index (χ1) is 45.3. The quantitative estimate of drug-likeness (QED) is 0.0873. The molecule has 14 aromatic rings. The van der Waals surface area contributed by atoms with Crippen LogP contribution in [0.15, 0.2) is 249 Å². The van der Waals surface area contributed by atoms with E-state index in [9.17, 15) is 26.3 Å². The van der Waals surface area contributed by atoms with E-state index >= 15 is 0 Å². The number of rotatable bonds is 11. The molecule has 0 aliphatic rings. The number of hydrogen-bond donors (Lipinski definition) is 0. The molecule has 0 saturated carbocycles. The Morgan fingerprint density at radius 3 is 0.806 bits per heavy atom. The minimum Gasteiger partial charge on any atom is -0.329 e. The molecular formula is C78H41N14U+. The van der Waals surface area contributed by atoms with Crippen LogP contribution >= 0.6 is 0 Å². The molecule has 426 valence electrons. The summed E-state index contributed by atoms with van der Waals surface area (Å²) in [6.07, 6.45) is 0. The molecule has 3 aromatic heterocycles. The van der Waals surface area contributed by atoms with Gasteiger partial charge in [0.05, 0.1) is 0 Å². The first-order valence-corrected chi connectivity index (χ1v) is 28.9.